The monoisotopic (exact) mass is 434 g/mol. The lowest BCUT2D eigenvalue weighted by atomic mass is 10.1. The summed E-state index contributed by atoms with van der Waals surface area (Å²) in [7, 11) is 0. The predicted molar refractivity (Wildman–Crippen MR) is 102 cm³/mol. The van der Waals surface area contributed by atoms with E-state index in [1.807, 2.05) is 19.9 Å². The molecule has 0 amide bonds. The van der Waals surface area contributed by atoms with Gasteiger partial charge in [0.25, 0.3) is 5.69 Å². The first-order valence-electron chi connectivity index (χ1n) is 7.76. The van der Waals surface area contributed by atoms with Gasteiger partial charge in [-0.1, -0.05) is 17.7 Å². The lowest BCUT2D eigenvalue weighted by Gasteiger charge is -2.11. The van der Waals surface area contributed by atoms with Crippen molar-refractivity contribution in [3.63, 3.8) is 0 Å². The zero-order valence-electron chi connectivity index (χ0n) is 14.5. The number of benzene rings is 2. The van der Waals surface area contributed by atoms with Gasteiger partial charge in [-0.15, -0.1) is 0 Å². The molecule has 0 saturated heterocycles. The lowest BCUT2D eigenvalue weighted by molar-refractivity contribution is -0.386. The number of hydrogen-bond donors (Lipinski definition) is 0. The van der Waals surface area contributed by atoms with Crippen LogP contribution in [0, 0.1) is 20.2 Å². The molecule has 27 heavy (non-hydrogen) atoms. The number of nitro benzene ring substituents is 2. The molecule has 0 heterocycles. The van der Waals surface area contributed by atoms with Crippen molar-refractivity contribution < 1.29 is 19.4 Å². The molecule has 0 aromatic heterocycles. The van der Waals surface area contributed by atoms with E-state index >= 15 is 0 Å². The molecule has 0 saturated carbocycles. The van der Waals surface area contributed by atoms with E-state index in [0.29, 0.717) is 12.0 Å². The lowest BCUT2D eigenvalue weighted by Crippen LogP contribution is -2.11. The summed E-state index contributed by atoms with van der Waals surface area (Å²) in [4.78, 5) is 33.4. The van der Waals surface area contributed by atoms with Crippen molar-refractivity contribution in [3.05, 3.63) is 83.9 Å². The Hall–Kier alpha value is -3.07. The minimum atomic E-state index is -0.843. The normalized spacial score (nSPS) is 10.2. The van der Waals surface area contributed by atoms with E-state index in [0.717, 1.165) is 17.7 Å². The molecule has 0 aliphatic heterocycles. The van der Waals surface area contributed by atoms with Gasteiger partial charge < -0.3 is 4.74 Å². The van der Waals surface area contributed by atoms with Crippen molar-refractivity contribution in [2.45, 2.75) is 20.3 Å². The smallest absolute Gasteiger partial charge is 0.343 e. The topological polar surface area (TPSA) is 113 Å². The molecule has 2 aromatic carbocycles. The first-order chi connectivity index (χ1) is 12.7. The maximum absolute atomic E-state index is 12.4. The third-order valence-corrected chi connectivity index (χ3v) is 4.23. The molecule has 0 atom stereocenters. The molecule has 9 heteroatoms. The number of non-ortho nitro benzene ring substituents is 1. The summed E-state index contributed by atoms with van der Waals surface area (Å²) in [5.41, 5.74) is 0.992. The zero-order valence-corrected chi connectivity index (χ0v) is 16.1. The quantitative estimate of drug-likeness (QED) is 0.208. The second-order valence-electron chi connectivity index (χ2n) is 5.82. The second kappa shape index (κ2) is 8.54. The number of allylic oxidation sites excluding steroid dienone is 2. The number of carbonyl (C=O) groups is 1. The van der Waals surface area contributed by atoms with Crippen LogP contribution < -0.4 is 4.74 Å². The summed E-state index contributed by atoms with van der Waals surface area (Å²) in [6.07, 6.45) is 2.20. The predicted octanol–water partition coefficient (Wildman–Crippen LogP) is 4.99. The van der Waals surface area contributed by atoms with Crippen LogP contribution in [0.5, 0.6) is 5.75 Å². The van der Waals surface area contributed by atoms with Gasteiger partial charge >= 0.3 is 11.7 Å². The summed E-state index contributed by atoms with van der Waals surface area (Å²) in [6, 6.07) is 7.95. The highest BCUT2D eigenvalue weighted by Gasteiger charge is 2.26. The number of nitrogens with zero attached hydrogens (tertiary/aromatic N) is 2. The fraction of sp³-hybridized carbons (Fsp3) is 0.167. The Kier molecular flexibility index (Phi) is 6.40. The molecule has 0 aliphatic rings. The average molecular weight is 435 g/mol. The van der Waals surface area contributed by atoms with Crippen LogP contribution in [-0.4, -0.2) is 15.8 Å². The highest BCUT2D eigenvalue weighted by atomic mass is 79.9. The van der Waals surface area contributed by atoms with Gasteiger partial charge in [-0.25, -0.2) is 4.79 Å². The molecule has 0 fully saturated rings. The molecular weight excluding hydrogens is 420 g/mol. The van der Waals surface area contributed by atoms with Crippen molar-refractivity contribution in [2.75, 3.05) is 0 Å². The number of nitro groups is 2. The zero-order chi connectivity index (χ0) is 20.1. The number of halogens is 1. The Morgan fingerprint density at radius 2 is 1.70 bits per heavy atom. The molecule has 140 valence electrons. The van der Waals surface area contributed by atoms with E-state index in [4.69, 9.17) is 4.74 Å². The molecule has 8 nitrogen and oxygen atoms in total. The number of esters is 1. The van der Waals surface area contributed by atoms with Crippen LogP contribution in [0.25, 0.3) is 0 Å². The summed E-state index contributed by atoms with van der Waals surface area (Å²) in [5.74, 6) is -1.00. The first kappa shape index (κ1) is 20.2. The number of carbonyl (C=O) groups excluding carboxylic acids is 1. The largest absolute Gasteiger partial charge is 0.415 e. The van der Waals surface area contributed by atoms with E-state index in [9.17, 15) is 25.0 Å². The highest BCUT2D eigenvalue weighted by Crippen LogP contribution is 2.38. The van der Waals surface area contributed by atoms with Crippen molar-refractivity contribution >= 4 is 33.3 Å². The third-order valence-electron chi connectivity index (χ3n) is 3.59. The Morgan fingerprint density at radius 3 is 2.22 bits per heavy atom. The van der Waals surface area contributed by atoms with Crippen LogP contribution in [0.15, 0.2) is 52.5 Å². The SMILES string of the molecule is CC(C)=CCc1ccc(Br)c([N+](=O)[O-])c1OC(=O)c1ccc([N+](=O)[O-])cc1. The van der Waals surface area contributed by atoms with Gasteiger partial charge in [-0.05, 0) is 54.4 Å². The Morgan fingerprint density at radius 1 is 1.07 bits per heavy atom. The van der Waals surface area contributed by atoms with Gasteiger partial charge in [-0.3, -0.25) is 20.2 Å². The van der Waals surface area contributed by atoms with Crippen molar-refractivity contribution in [3.8, 4) is 5.75 Å². The van der Waals surface area contributed by atoms with Gasteiger partial charge in [0.2, 0.25) is 5.75 Å². The molecule has 2 aromatic rings. The van der Waals surface area contributed by atoms with E-state index in [-0.39, 0.29) is 27.2 Å². The molecule has 0 bridgehead atoms. The van der Waals surface area contributed by atoms with Crippen LogP contribution in [-0.2, 0) is 6.42 Å². The Balaban J connectivity index is 2.44. The van der Waals surface area contributed by atoms with Crippen molar-refractivity contribution in [1.82, 2.24) is 0 Å². The Bertz CT molecular complexity index is 934. The van der Waals surface area contributed by atoms with Crippen molar-refractivity contribution in [1.29, 1.82) is 0 Å². The number of ether oxygens (including phenoxy) is 1. The first-order valence-corrected chi connectivity index (χ1v) is 8.55. The molecule has 0 N–H and O–H groups in total. The minimum Gasteiger partial charge on any atom is -0.415 e. The molecule has 0 spiro atoms. The average Bonchev–Trinajstić information content (AvgIpc) is 2.60. The number of rotatable bonds is 6. The van der Waals surface area contributed by atoms with E-state index in [1.165, 1.54) is 18.2 Å². The van der Waals surface area contributed by atoms with Gasteiger partial charge in [0.1, 0.15) is 0 Å². The summed E-state index contributed by atoms with van der Waals surface area (Å²) in [5, 5.41) is 22.2. The van der Waals surface area contributed by atoms with E-state index < -0.39 is 15.8 Å². The maximum atomic E-state index is 12.4. The molecular formula is C18H15BrN2O6. The summed E-state index contributed by atoms with van der Waals surface area (Å²) < 4.78 is 5.51. The van der Waals surface area contributed by atoms with Crippen LogP contribution in [0.2, 0.25) is 0 Å². The minimum absolute atomic E-state index is 0.0445. The van der Waals surface area contributed by atoms with Crippen molar-refractivity contribution in [2.24, 2.45) is 0 Å². The van der Waals surface area contributed by atoms with Gasteiger partial charge in [-0.2, -0.15) is 0 Å². The summed E-state index contributed by atoms with van der Waals surface area (Å²) in [6.45, 7) is 3.77. The standard InChI is InChI=1S/C18H15BrN2O6/c1-11(2)3-4-12-7-10-15(19)16(21(25)26)17(12)27-18(22)13-5-8-14(9-6-13)20(23)24/h3,5-10H,4H2,1-2H3. The van der Waals surface area contributed by atoms with Gasteiger partial charge in [0.15, 0.2) is 0 Å². The fourth-order valence-electron chi connectivity index (χ4n) is 2.22. The number of hydrogen-bond acceptors (Lipinski definition) is 6. The second-order valence-corrected chi connectivity index (χ2v) is 6.67. The Labute approximate surface area is 162 Å². The summed E-state index contributed by atoms with van der Waals surface area (Å²) >= 11 is 3.11. The maximum Gasteiger partial charge on any atom is 0.343 e. The van der Waals surface area contributed by atoms with E-state index in [2.05, 4.69) is 15.9 Å². The van der Waals surface area contributed by atoms with Gasteiger partial charge in [0.05, 0.1) is 19.9 Å². The van der Waals surface area contributed by atoms with Crippen LogP contribution >= 0.6 is 15.9 Å². The molecule has 0 radical (unpaired) electrons. The molecule has 0 unspecified atom stereocenters. The van der Waals surface area contributed by atoms with Gasteiger partial charge in [0, 0.05) is 17.7 Å². The molecule has 0 aliphatic carbocycles. The fourth-order valence-corrected chi connectivity index (χ4v) is 2.68. The molecule has 2 rings (SSSR count). The third kappa shape index (κ3) is 4.98. The highest BCUT2D eigenvalue weighted by molar-refractivity contribution is 9.10. The van der Waals surface area contributed by atoms with E-state index in [1.54, 1.807) is 6.07 Å². The van der Waals surface area contributed by atoms with Crippen LogP contribution in [0.4, 0.5) is 11.4 Å². The van der Waals surface area contributed by atoms with Crippen LogP contribution in [0.3, 0.4) is 0 Å². The van der Waals surface area contributed by atoms with Crippen LogP contribution in [0.1, 0.15) is 29.8 Å².